The molecule has 0 amide bonds. The molecule has 0 heterocycles. The average Bonchev–Trinajstić information content (AvgIpc) is 3.03. The van der Waals surface area contributed by atoms with E-state index >= 15 is 0 Å². The zero-order valence-electron chi connectivity index (χ0n) is 26.4. The molecule has 0 atom stereocenters. The Labute approximate surface area is 277 Å². The molecule has 2 N–H and O–H groups in total. The van der Waals surface area contributed by atoms with Gasteiger partial charge in [-0.1, -0.05) is 72.8 Å². The summed E-state index contributed by atoms with van der Waals surface area (Å²) in [6, 6.07) is 29.2. The monoisotopic (exact) mass is 656 g/mol. The number of nitrogens with two attached hydrogens (primary N) is 1. The minimum Gasteiger partial charge on any atom is -0.358 e. The first-order valence-corrected chi connectivity index (χ1v) is 12.8. The maximum atomic E-state index is 12.3. The van der Waals surface area contributed by atoms with Crippen molar-refractivity contribution in [3.8, 4) is 11.5 Å². The van der Waals surface area contributed by atoms with E-state index in [0.29, 0.717) is 24.3 Å². The second kappa shape index (κ2) is 28.8. The van der Waals surface area contributed by atoms with E-state index in [4.69, 9.17) is 29.2 Å². The van der Waals surface area contributed by atoms with E-state index in [2.05, 4.69) is 20.0 Å². The molecule has 0 saturated carbocycles. The van der Waals surface area contributed by atoms with Crippen LogP contribution >= 0.6 is 0 Å². The number of rotatable bonds is 6. The molecule has 0 aliphatic heterocycles. The summed E-state index contributed by atoms with van der Waals surface area (Å²) in [7, 11) is 0. The Hall–Kier alpha value is -3.95. The van der Waals surface area contributed by atoms with Crippen LogP contribution in [0, 0.1) is 66.7 Å². The molecular weight excluding hydrogens is 616 g/mol. The first kappa shape index (κ1) is 48.0. The van der Waals surface area contributed by atoms with Crippen LogP contribution in [0.5, 0.6) is 11.5 Å². The largest absolute Gasteiger partial charge is 0.358 e. The van der Waals surface area contributed by atoms with E-state index in [1.54, 1.807) is 38.1 Å². The zero-order valence-corrected chi connectivity index (χ0v) is 27.7. The van der Waals surface area contributed by atoms with Gasteiger partial charge in [0.1, 0.15) is 36.3 Å². The third-order valence-corrected chi connectivity index (χ3v) is 5.46. The van der Waals surface area contributed by atoms with Crippen molar-refractivity contribution in [2.75, 3.05) is 13.2 Å². The molecule has 4 rings (SSSR count). The van der Waals surface area contributed by atoms with Crippen LogP contribution in [0.1, 0.15) is 29.2 Å². The van der Waals surface area contributed by atoms with E-state index < -0.39 is 5.54 Å². The molecule has 0 unspecified atom stereocenters. The fourth-order valence-corrected chi connectivity index (χ4v) is 3.07. The van der Waals surface area contributed by atoms with Gasteiger partial charge in [0.15, 0.2) is 0 Å². The van der Waals surface area contributed by atoms with Gasteiger partial charge in [-0.15, -0.1) is 0 Å². The van der Waals surface area contributed by atoms with Crippen molar-refractivity contribution in [1.82, 2.24) is 0 Å². The summed E-state index contributed by atoms with van der Waals surface area (Å²) in [6.45, 7) is 23.8. The molecule has 45 heavy (non-hydrogen) atoms. The molecule has 6 nitrogen and oxygen atoms in total. The van der Waals surface area contributed by atoms with Gasteiger partial charge in [0.25, 0.3) is 0 Å². The zero-order chi connectivity index (χ0) is 33.3. The van der Waals surface area contributed by atoms with Crippen LogP contribution in [0.4, 0.5) is 8.78 Å². The quantitative estimate of drug-likeness (QED) is 0.168. The third kappa shape index (κ3) is 21.4. The van der Waals surface area contributed by atoms with Gasteiger partial charge in [-0.2, -0.15) is 0 Å². The number of ether oxygens (including phenoxy) is 2. The van der Waals surface area contributed by atoms with E-state index in [0.717, 1.165) is 22.6 Å². The van der Waals surface area contributed by atoms with Gasteiger partial charge in [-0.05, 0) is 81.1 Å². The molecular formula is C36H40CrF2NO5-. The minimum atomic E-state index is -0.551. The molecule has 240 valence electrons. The molecule has 0 saturated heterocycles. The number of halogens is 2. The number of benzene rings is 4. The van der Waals surface area contributed by atoms with Crippen LogP contribution < -0.4 is 15.2 Å². The van der Waals surface area contributed by atoms with Crippen molar-refractivity contribution in [2.24, 2.45) is 5.73 Å². The Kier molecular flexibility index (Phi) is 30.7. The van der Waals surface area contributed by atoms with Crippen LogP contribution in [0.15, 0.2) is 97.1 Å². The molecule has 0 radical (unpaired) electrons. The van der Waals surface area contributed by atoms with Gasteiger partial charge >= 0.3 is 33.9 Å². The summed E-state index contributed by atoms with van der Waals surface area (Å²) in [4.78, 5) is 0. The predicted octanol–water partition coefficient (Wildman–Crippen LogP) is 8.08. The Balaban J connectivity index is -0.000000291. The number of para-hydroxylation sites is 2. The molecule has 0 aliphatic carbocycles. The Morgan fingerprint density at radius 3 is 1.02 bits per heavy atom. The third-order valence-electron chi connectivity index (χ3n) is 5.46. The van der Waals surface area contributed by atoms with Gasteiger partial charge in [-0.3, -0.25) is 0 Å². The molecule has 9 heteroatoms. The molecule has 0 spiro atoms. The fraction of sp³-hybridized carbons (Fsp3) is 0.222. The summed E-state index contributed by atoms with van der Waals surface area (Å²) >= 11 is 0. The van der Waals surface area contributed by atoms with E-state index in [1.165, 1.54) is 12.1 Å². The van der Waals surface area contributed by atoms with Crippen LogP contribution in [0.2, 0.25) is 0 Å². The fourth-order valence-electron chi connectivity index (χ4n) is 3.07. The Morgan fingerprint density at radius 2 is 0.800 bits per heavy atom. The molecule has 4 aromatic carbocycles. The summed E-state index contributed by atoms with van der Waals surface area (Å²) in [5.41, 5.74) is 9.32. The van der Waals surface area contributed by atoms with E-state index in [-0.39, 0.29) is 36.4 Å². The van der Waals surface area contributed by atoms with Gasteiger partial charge in [0.2, 0.25) is 0 Å². The van der Waals surface area contributed by atoms with E-state index in [9.17, 15) is 8.78 Å². The molecule has 4 aromatic rings. The van der Waals surface area contributed by atoms with Crippen molar-refractivity contribution in [3.05, 3.63) is 158 Å². The normalized spacial score (nSPS) is 8.67. The van der Waals surface area contributed by atoms with Crippen LogP contribution in [-0.2, 0) is 31.3 Å². The smallest absolute Gasteiger partial charge is 0 e. The van der Waals surface area contributed by atoms with E-state index in [1.807, 2.05) is 81.4 Å². The van der Waals surface area contributed by atoms with Crippen LogP contribution in [0.3, 0.4) is 0 Å². The van der Waals surface area contributed by atoms with Crippen molar-refractivity contribution >= 4 is 0 Å². The van der Waals surface area contributed by atoms with Crippen LogP contribution in [0.25, 0.3) is 0 Å². The first-order valence-electron chi connectivity index (χ1n) is 12.8. The number of aryl methyl sites for hydroxylation is 4. The molecule has 0 aromatic heterocycles. The summed E-state index contributed by atoms with van der Waals surface area (Å²) in [6.07, 6.45) is 0. The maximum Gasteiger partial charge on any atom is 0 e. The SMILES string of the molecule is Cc1ccccc1F.Cc1ccccc1F.Cc1ccccc1OCC(C)(N)COc1ccccc1C.[C-]#[O+].[C-]#[O+].[C-]#[O+].[CH3-].[Cr]. The molecule has 0 fully saturated rings. The molecule has 0 bridgehead atoms. The maximum absolute atomic E-state index is 12.3. The molecule has 0 aliphatic rings. The standard InChI is InChI=1S/C18H23NO2.2C7H7F.3CO.CH3.Cr/c1-14-8-4-6-10-16(14)20-12-18(3,19)13-21-17-11-7-5-9-15(17)2;2*1-6-4-2-3-5-7(6)8;3*1-2;;/h4-11H,12-13,19H2,1-3H3;2*2-5H,1H3;;;;1H3;/q;;;;;;-1;. The van der Waals surface area contributed by atoms with Crippen molar-refractivity contribution in [3.63, 3.8) is 0 Å². The van der Waals surface area contributed by atoms with Crippen molar-refractivity contribution < 1.29 is 49.6 Å². The Bertz CT molecular complexity index is 1240. The van der Waals surface area contributed by atoms with Gasteiger partial charge in [0.05, 0.1) is 5.54 Å². The number of hydrogen-bond acceptors (Lipinski definition) is 3. The van der Waals surface area contributed by atoms with Crippen LogP contribution in [-0.4, -0.2) is 18.8 Å². The minimum absolute atomic E-state index is 0. The van der Waals surface area contributed by atoms with Crippen molar-refractivity contribution in [2.45, 2.75) is 40.2 Å². The van der Waals surface area contributed by atoms with Gasteiger partial charge in [-0.25, -0.2) is 8.78 Å². The average molecular weight is 657 g/mol. The van der Waals surface area contributed by atoms with Gasteiger partial charge in [0, 0.05) is 17.4 Å². The second-order valence-electron chi connectivity index (χ2n) is 9.26. The van der Waals surface area contributed by atoms with Gasteiger partial charge < -0.3 is 22.6 Å². The topological polar surface area (TPSA) is 104 Å². The summed E-state index contributed by atoms with van der Waals surface area (Å²) < 4.78 is 58.8. The Morgan fingerprint density at radius 1 is 0.556 bits per heavy atom. The summed E-state index contributed by atoms with van der Waals surface area (Å²) in [5.74, 6) is 1.47. The first-order chi connectivity index (χ1) is 20.6. The van der Waals surface area contributed by atoms with Crippen molar-refractivity contribution in [1.29, 1.82) is 0 Å². The predicted molar refractivity (Wildman–Crippen MR) is 166 cm³/mol. The number of hydrogen-bond donors (Lipinski definition) is 1. The summed E-state index contributed by atoms with van der Waals surface area (Å²) in [5, 5.41) is 0. The second-order valence-corrected chi connectivity index (χ2v) is 9.26.